The van der Waals surface area contributed by atoms with Gasteiger partial charge in [-0.2, -0.15) is 0 Å². The molecule has 0 aromatic carbocycles. The van der Waals surface area contributed by atoms with Crippen molar-refractivity contribution in [2.75, 3.05) is 0 Å². The molecule has 1 rings (SSSR count). The first-order chi connectivity index (χ1) is 4.72. The normalized spacial score (nSPS) is 22.9. The van der Waals surface area contributed by atoms with Crippen molar-refractivity contribution in [3.8, 4) is 0 Å². The maximum absolute atomic E-state index is 5.80. The lowest BCUT2D eigenvalue weighted by Crippen LogP contribution is -2.33. The lowest BCUT2D eigenvalue weighted by atomic mass is 9.97. The van der Waals surface area contributed by atoms with E-state index in [1.165, 1.54) is 25.7 Å². The molecular weight excluding hydrogens is 124 g/mol. The molecule has 0 bridgehead atoms. The molecule has 1 aliphatic carbocycles. The first-order valence-electron chi connectivity index (χ1n) is 3.91. The second kappa shape index (κ2) is 3.06. The van der Waals surface area contributed by atoms with Crippen LogP contribution in [0.15, 0.2) is 12.3 Å². The molecule has 0 saturated heterocycles. The Morgan fingerprint density at radius 1 is 1.40 bits per heavy atom. The van der Waals surface area contributed by atoms with Gasteiger partial charge in [0.15, 0.2) is 0 Å². The Labute approximate surface area is 62.3 Å². The van der Waals surface area contributed by atoms with E-state index in [9.17, 15) is 0 Å². The molecule has 1 unspecified atom stereocenters. The van der Waals surface area contributed by atoms with E-state index in [-0.39, 0.29) is 6.04 Å². The van der Waals surface area contributed by atoms with Gasteiger partial charge in [-0.3, -0.25) is 0 Å². The molecule has 1 saturated carbocycles. The summed E-state index contributed by atoms with van der Waals surface area (Å²) in [5, 5.41) is 0. The fourth-order valence-corrected chi connectivity index (χ4v) is 1.62. The molecular formula is C8H16N2. The zero-order chi connectivity index (χ0) is 7.56. The van der Waals surface area contributed by atoms with E-state index in [2.05, 4.69) is 6.58 Å². The first kappa shape index (κ1) is 7.61. The van der Waals surface area contributed by atoms with Gasteiger partial charge in [-0.25, -0.2) is 0 Å². The van der Waals surface area contributed by atoms with Gasteiger partial charge in [0, 0.05) is 11.7 Å². The summed E-state index contributed by atoms with van der Waals surface area (Å²) in [7, 11) is 0. The highest BCUT2D eigenvalue weighted by atomic mass is 14.8. The molecule has 0 heterocycles. The average Bonchev–Trinajstić information content (AvgIpc) is 2.36. The highest BCUT2D eigenvalue weighted by Crippen LogP contribution is 2.27. The van der Waals surface area contributed by atoms with Gasteiger partial charge in [0.05, 0.1) is 0 Å². The summed E-state index contributed by atoms with van der Waals surface area (Å²) in [6.45, 7) is 3.65. The molecule has 0 aromatic heterocycles. The zero-order valence-corrected chi connectivity index (χ0v) is 6.34. The number of rotatable bonds is 2. The summed E-state index contributed by atoms with van der Waals surface area (Å²) in [4.78, 5) is 0. The van der Waals surface area contributed by atoms with Gasteiger partial charge in [0.2, 0.25) is 0 Å². The van der Waals surface area contributed by atoms with Crippen molar-refractivity contribution in [2.45, 2.75) is 31.7 Å². The minimum absolute atomic E-state index is 0.0440. The van der Waals surface area contributed by atoms with Crippen LogP contribution < -0.4 is 11.5 Å². The van der Waals surface area contributed by atoms with Crippen molar-refractivity contribution >= 4 is 0 Å². The van der Waals surface area contributed by atoms with Crippen LogP contribution in [0, 0.1) is 5.92 Å². The summed E-state index contributed by atoms with van der Waals surface area (Å²) in [6.07, 6.45) is 5.09. The third-order valence-corrected chi connectivity index (χ3v) is 2.34. The molecule has 0 aromatic rings. The van der Waals surface area contributed by atoms with Gasteiger partial charge < -0.3 is 11.5 Å². The molecule has 0 aliphatic heterocycles. The minimum Gasteiger partial charge on any atom is -0.401 e. The fraction of sp³-hybridized carbons (Fsp3) is 0.750. The van der Waals surface area contributed by atoms with Crippen molar-refractivity contribution in [2.24, 2.45) is 17.4 Å². The Balaban J connectivity index is 2.39. The van der Waals surface area contributed by atoms with E-state index in [1.807, 2.05) is 0 Å². The van der Waals surface area contributed by atoms with E-state index >= 15 is 0 Å². The van der Waals surface area contributed by atoms with Gasteiger partial charge in [-0.1, -0.05) is 19.4 Å². The van der Waals surface area contributed by atoms with Crippen LogP contribution in [0.25, 0.3) is 0 Å². The summed E-state index contributed by atoms with van der Waals surface area (Å²) in [6, 6.07) is 0.0440. The molecule has 0 spiro atoms. The van der Waals surface area contributed by atoms with E-state index in [4.69, 9.17) is 11.5 Å². The highest BCUT2D eigenvalue weighted by Gasteiger charge is 2.22. The van der Waals surface area contributed by atoms with Crippen molar-refractivity contribution in [1.82, 2.24) is 0 Å². The maximum atomic E-state index is 5.80. The van der Waals surface area contributed by atoms with Gasteiger partial charge in [-0.15, -0.1) is 0 Å². The SMILES string of the molecule is C=C(N)C(N)C1CCCC1. The van der Waals surface area contributed by atoms with Crippen LogP contribution in [0.2, 0.25) is 0 Å². The van der Waals surface area contributed by atoms with E-state index in [1.54, 1.807) is 0 Å². The van der Waals surface area contributed by atoms with Gasteiger partial charge in [-0.05, 0) is 18.8 Å². The minimum atomic E-state index is 0.0440. The van der Waals surface area contributed by atoms with Gasteiger partial charge >= 0.3 is 0 Å². The number of hydrogen-bond donors (Lipinski definition) is 2. The summed E-state index contributed by atoms with van der Waals surface area (Å²) in [5.74, 6) is 0.609. The van der Waals surface area contributed by atoms with Gasteiger partial charge in [0.1, 0.15) is 0 Å². The third kappa shape index (κ3) is 1.51. The fourth-order valence-electron chi connectivity index (χ4n) is 1.62. The molecule has 2 nitrogen and oxygen atoms in total. The molecule has 0 amide bonds. The van der Waals surface area contributed by atoms with E-state index in [0.29, 0.717) is 11.6 Å². The Hall–Kier alpha value is -0.500. The van der Waals surface area contributed by atoms with Crippen molar-refractivity contribution in [3.63, 3.8) is 0 Å². The Morgan fingerprint density at radius 3 is 2.30 bits per heavy atom. The van der Waals surface area contributed by atoms with Crippen molar-refractivity contribution < 1.29 is 0 Å². The predicted molar refractivity (Wildman–Crippen MR) is 43.3 cm³/mol. The molecule has 1 fully saturated rings. The third-order valence-electron chi connectivity index (χ3n) is 2.34. The average molecular weight is 140 g/mol. The van der Waals surface area contributed by atoms with Crippen LogP contribution >= 0.6 is 0 Å². The quantitative estimate of drug-likeness (QED) is 0.600. The van der Waals surface area contributed by atoms with Crippen LogP contribution in [0.1, 0.15) is 25.7 Å². The first-order valence-corrected chi connectivity index (χ1v) is 3.91. The zero-order valence-electron chi connectivity index (χ0n) is 6.34. The van der Waals surface area contributed by atoms with Crippen LogP contribution in [0.5, 0.6) is 0 Å². The van der Waals surface area contributed by atoms with Crippen LogP contribution in [-0.2, 0) is 0 Å². The molecule has 10 heavy (non-hydrogen) atoms. The van der Waals surface area contributed by atoms with Crippen molar-refractivity contribution in [3.05, 3.63) is 12.3 Å². The standard InChI is InChI=1S/C8H16N2/c1-6(9)8(10)7-4-2-3-5-7/h7-8H,1-5,9-10H2. The molecule has 1 aliphatic rings. The smallest absolute Gasteiger partial charge is 0.0464 e. The number of hydrogen-bond acceptors (Lipinski definition) is 2. The second-order valence-electron chi connectivity index (χ2n) is 3.15. The van der Waals surface area contributed by atoms with E-state index < -0.39 is 0 Å². The molecule has 1 atom stereocenters. The summed E-state index contributed by atoms with van der Waals surface area (Å²) >= 11 is 0. The second-order valence-corrected chi connectivity index (χ2v) is 3.15. The number of nitrogens with two attached hydrogens (primary N) is 2. The van der Waals surface area contributed by atoms with Crippen LogP contribution in [0.3, 0.4) is 0 Å². The van der Waals surface area contributed by atoms with Crippen LogP contribution in [0.4, 0.5) is 0 Å². The highest BCUT2D eigenvalue weighted by molar-refractivity contribution is 5.02. The lowest BCUT2D eigenvalue weighted by molar-refractivity contribution is 0.472. The summed E-state index contributed by atoms with van der Waals surface area (Å²) in [5.41, 5.74) is 11.9. The monoisotopic (exact) mass is 140 g/mol. The largest absolute Gasteiger partial charge is 0.401 e. The lowest BCUT2D eigenvalue weighted by Gasteiger charge is -2.17. The maximum Gasteiger partial charge on any atom is 0.0464 e. The topological polar surface area (TPSA) is 52.0 Å². The molecule has 58 valence electrons. The molecule has 0 radical (unpaired) electrons. The molecule has 4 N–H and O–H groups in total. The molecule has 2 heteroatoms. The summed E-state index contributed by atoms with van der Waals surface area (Å²) < 4.78 is 0. The Kier molecular flexibility index (Phi) is 2.33. The van der Waals surface area contributed by atoms with Crippen molar-refractivity contribution in [1.29, 1.82) is 0 Å². The van der Waals surface area contributed by atoms with Gasteiger partial charge in [0.25, 0.3) is 0 Å². The van der Waals surface area contributed by atoms with E-state index in [0.717, 1.165) is 0 Å². The predicted octanol–water partition coefficient (Wildman–Crippen LogP) is 0.976. The van der Waals surface area contributed by atoms with Crippen LogP contribution in [-0.4, -0.2) is 6.04 Å². The Bertz CT molecular complexity index is 125. The Morgan fingerprint density at radius 2 is 1.90 bits per heavy atom.